The molecule has 3 aliphatic rings. The molecule has 0 aromatic carbocycles. The normalized spacial score (nSPS) is 31.0. The molecule has 3 rings (SSSR count). The molecule has 1 nitrogen and oxygen atoms in total. The first-order chi connectivity index (χ1) is 11.7. The van der Waals surface area contributed by atoms with Gasteiger partial charge in [0.05, 0.1) is 0 Å². The molecule has 1 N–H and O–H groups in total. The van der Waals surface area contributed by atoms with E-state index in [-0.39, 0.29) is 0 Å². The van der Waals surface area contributed by atoms with E-state index < -0.39 is 0 Å². The maximum atomic E-state index is 4.05. The topological polar surface area (TPSA) is 12.0 Å². The molecular weight excluding hydrogens is 290 g/mol. The molecule has 3 aliphatic carbocycles. The zero-order valence-corrected chi connectivity index (χ0v) is 16.5. The van der Waals surface area contributed by atoms with Gasteiger partial charge < -0.3 is 5.32 Å². The van der Waals surface area contributed by atoms with Crippen molar-refractivity contribution in [2.45, 2.75) is 103 Å². The molecule has 5 unspecified atom stereocenters. The Labute approximate surface area is 151 Å². The fraction of sp³-hybridized carbons (Fsp3) is 0.913. The number of unbranched alkanes of at least 4 members (excludes halogenated alkanes) is 1. The van der Waals surface area contributed by atoms with Crippen molar-refractivity contribution in [1.82, 2.24) is 5.32 Å². The van der Waals surface area contributed by atoms with Crippen molar-refractivity contribution in [1.29, 1.82) is 0 Å². The lowest BCUT2D eigenvalue weighted by Gasteiger charge is -2.37. The second-order valence-electron chi connectivity index (χ2n) is 9.45. The van der Waals surface area contributed by atoms with E-state index in [0.29, 0.717) is 0 Å². The van der Waals surface area contributed by atoms with Gasteiger partial charge in [-0.1, -0.05) is 71.4 Å². The van der Waals surface area contributed by atoms with Gasteiger partial charge in [-0.15, -0.1) is 0 Å². The zero-order valence-electron chi connectivity index (χ0n) is 16.5. The van der Waals surface area contributed by atoms with Crippen molar-refractivity contribution < 1.29 is 0 Å². The highest BCUT2D eigenvalue weighted by molar-refractivity contribution is 5.08. The molecule has 0 radical (unpaired) electrons. The number of allylic oxidation sites excluding steroid dienone is 1. The van der Waals surface area contributed by atoms with Gasteiger partial charge in [-0.2, -0.15) is 0 Å². The van der Waals surface area contributed by atoms with E-state index in [1.807, 2.05) is 0 Å². The van der Waals surface area contributed by atoms with E-state index in [4.69, 9.17) is 0 Å². The minimum Gasteiger partial charge on any atom is -0.311 e. The summed E-state index contributed by atoms with van der Waals surface area (Å²) >= 11 is 0. The lowest BCUT2D eigenvalue weighted by Crippen LogP contribution is -2.42. The fourth-order valence-corrected chi connectivity index (χ4v) is 5.19. The van der Waals surface area contributed by atoms with Crippen LogP contribution in [0.3, 0.4) is 0 Å². The molecule has 1 heteroatoms. The van der Waals surface area contributed by atoms with Crippen molar-refractivity contribution in [3.8, 4) is 0 Å². The molecule has 5 atom stereocenters. The fourth-order valence-electron chi connectivity index (χ4n) is 5.19. The van der Waals surface area contributed by atoms with Crippen LogP contribution in [0.1, 0.15) is 91.4 Å². The van der Waals surface area contributed by atoms with Crippen LogP contribution in [0.2, 0.25) is 0 Å². The highest BCUT2D eigenvalue weighted by Gasteiger charge is 2.38. The largest absolute Gasteiger partial charge is 0.311 e. The van der Waals surface area contributed by atoms with Gasteiger partial charge in [0, 0.05) is 12.1 Å². The van der Waals surface area contributed by atoms with Gasteiger partial charge in [0.15, 0.2) is 0 Å². The lowest BCUT2D eigenvalue weighted by atomic mass is 9.72. The summed E-state index contributed by atoms with van der Waals surface area (Å²) in [6, 6.07) is 1.61. The summed E-state index contributed by atoms with van der Waals surface area (Å²) in [5.74, 6) is 4.50. The SMILES string of the molecule is CCCCC(C)CC(C)C1CC=CC1C(CC1CCC1)NC1CC1. The van der Waals surface area contributed by atoms with Crippen LogP contribution in [0, 0.1) is 29.6 Å². The minimum absolute atomic E-state index is 0.764. The summed E-state index contributed by atoms with van der Waals surface area (Å²) in [6.45, 7) is 7.35. The molecule has 138 valence electrons. The molecule has 2 fully saturated rings. The average molecular weight is 332 g/mol. The zero-order chi connectivity index (χ0) is 16.9. The molecule has 24 heavy (non-hydrogen) atoms. The molecule has 0 heterocycles. The van der Waals surface area contributed by atoms with Crippen molar-refractivity contribution in [3.05, 3.63) is 12.2 Å². The third-order valence-corrected chi connectivity index (χ3v) is 7.12. The summed E-state index contributed by atoms with van der Waals surface area (Å²) in [5, 5.41) is 4.05. The molecule has 0 saturated heterocycles. The number of nitrogens with one attached hydrogen (secondary N) is 1. The molecular formula is C23H41N. The van der Waals surface area contributed by atoms with E-state index in [1.165, 1.54) is 70.6 Å². The average Bonchev–Trinajstić information content (AvgIpc) is 3.20. The van der Waals surface area contributed by atoms with Crippen molar-refractivity contribution >= 4 is 0 Å². The monoisotopic (exact) mass is 331 g/mol. The number of hydrogen-bond acceptors (Lipinski definition) is 1. The number of rotatable bonds is 11. The minimum atomic E-state index is 0.764. The Hall–Kier alpha value is -0.300. The maximum absolute atomic E-state index is 4.05. The van der Waals surface area contributed by atoms with Crippen LogP contribution in [0.5, 0.6) is 0 Å². The van der Waals surface area contributed by atoms with Crippen LogP contribution >= 0.6 is 0 Å². The maximum Gasteiger partial charge on any atom is 0.0138 e. The van der Waals surface area contributed by atoms with Crippen LogP contribution < -0.4 is 5.32 Å². The Morgan fingerprint density at radius 3 is 2.54 bits per heavy atom. The quantitative estimate of drug-likeness (QED) is 0.435. The molecule has 0 spiro atoms. The van der Waals surface area contributed by atoms with Gasteiger partial charge in [-0.3, -0.25) is 0 Å². The van der Waals surface area contributed by atoms with Crippen LogP contribution in [-0.4, -0.2) is 12.1 Å². The predicted molar refractivity (Wildman–Crippen MR) is 105 cm³/mol. The van der Waals surface area contributed by atoms with Crippen molar-refractivity contribution in [2.24, 2.45) is 29.6 Å². The third-order valence-electron chi connectivity index (χ3n) is 7.12. The predicted octanol–water partition coefficient (Wildman–Crippen LogP) is 6.34. The second kappa shape index (κ2) is 8.88. The van der Waals surface area contributed by atoms with Crippen molar-refractivity contribution in [3.63, 3.8) is 0 Å². The Kier molecular flexibility index (Phi) is 6.84. The molecule has 2 saturated carbocycles. The molecule has 0 amide bonds. The highest BCUT2D eigenvalue weighted by Crippen LogP contribution is 2.41. The molecule has 0 aromatic heterocycles. The summed E-state index contributed by atoms with van der Waals surface area (Å²) in [6.07, 6.45) is 20.8. The molecule has 0 aromatic rings. The van der Waals surface area contributed by atoms with Crippen molar-refractivity contribution in [2.75, 3.05) is 0 Å². The van der Waals surface area contributed by atoms with Gasteiger partial charge in [0.2, 0.25) is 0 Å². The molecule has 0 bridgehead atoms. The van der Waals surface area contributed by atoms with Gasteiger partial charge in [0.25, 0.3) is 0 Å². The van der Waals surface area contributed by atoms with E-state index in [9.17, 15) is 0 Å². The Balaban J connectivity index is 1.55. The van der Waals surface area contributed by atoms with E-state index in [1.54, 1.807) is 0 Å². The summed E-state index contributed by atoms with van der Waals surface area (Å²) in [4.78, 5) is 0. The summed E-state index contributed by atoms with van der Waals surface area (Å²) in [7, 11) is 0. The Morgan fingerprint density at radius 1 is 1.12 bits per heavy atom. The number of hydrogen-bond donors (Lipinski definition) is 1. The Bertz CT molecular complexity index is 393. The van der Waals surface area contributed by atoms with Crippen LogP contribution in [0.15, 0.2) is 12.2 Å². The first-order valence-corrected chi connectivity index (χ1v) is 11.1. The lowest BCUT2D eigenvalue weighted by molar-refractivity contribution is 0.173. The summed E-state index contributed by atoms with van der Waals surface area (Å²) < 4.78 is 0. The smallest absolute Gasteiger partial charge is 0.0138 e. The summed E-state index contributed by atoms with van der Waals surface area (Å²) in [5.41, 5.74) is 0. The van der Waals surface area contributed by atoms with Gasteiger partial charge in [-0.25, -0.2) is 0 Å². The van der Waals surface area contributed by atoms with Crippen LogP contribution in [0.4, 0.5) is 0 Å². The van der Waals surface area contributed by atoms with Crippen LogP contribution in [-0.2, 0) is 0 Å². The third kappa shape index (κ3) is 5.10. The highest BCUT2D eigenvalue weighted by atomic mass is 15.0. The second-order valence-corrected chi connectivity index (χ2v) is 9.45. The Morgan fingerprint density at radius 2 is 1.92 bits per heavy atom. The van der Waals surface area contributed by atoms with E-state index in [0.717, 1.165) is 41.7 Å². The van der Waals surface area contributed by atoms with E-state index in [2.05, 4.69) is 38.2 Å². The standard InChI is InChI=1S/C23H41N/c1-4-5-8-17(2)15-18(3)21-11-7-12-22(21)23(24-20-13-14-20)16-19-9-6-10-19/h7,12,17-24H,4-6,8-11,13-16H2,1-3H3. The van der Waals surface area contributed by atoms with Crippen LogP contribution in [0.25, 0.3) is 0 Å². The van der Waals surface area contributed by atoms with E-state index >= 15 is 0 Å². The van der Waals surface area contributed by atoms with Gasteiger partial charge in [-0.05, 0) is 61.7 Å². The first kappa shape index (κ1) is 18.5. The van der Waals surface area contributed by atoms with Gasteiger partial charge in [0.1, 0.15) is 0 Å². The first-order valence-electron chi connectivity index (χ1n) is 11.1. The molecule has 0 aliphatic heterocycles. The van der Waals surface area contributed by atoms with Gasteiger partial charge >= 0.3 is 0 Å².